The predicted molar refractivity (Wildman–Crippen MR) is 87.8 cm³/mol. The van der Waals surface area contributed by atoms with Crippen LogP contribution in [0.25, 0.3) is 11.5 Å². The minimum atomic E-state index is 0.0884. The van der Waals surface area contributed by atoms with Gasteiger partial charge < -0.3 is 9.42 Å². The molecule has 0 saturated carbocycles. The molecule has 0 bridgehead atoms. The van der Waals surface area contributed by atoms with Gasteiger partial charge in [0.1, 0.15) is 5.69 Å². The van der Waals surface area contributed by atoms with Crippen LogP contribution in [0.3, 0.4) is 0 Å². The van der Waals surface area contributed by atoms with E-state index in [-0.39, 0.29) is 5.91 Å². The average molecular weight is 327 g/mol. The Labute approximate surface area is 140 Å². The number of nitrogens with zero attached hydrogens (tertiary/aromatic N) is 5. The minimum Gasteiger partial charge on any atom is -0.339 e. The number of aromatic nitrogens is 4. The Bertz CT molecular complexity index is 722. The number of hydrogen-bond acceptors (Lipinski definition) is 6. The zero-order valence-electron chi connectivity index (χ0n) is 14.0. The number of likely N-dealkylation sites (tertiary alicyclic amines) is 1. The number of rotatable bonds is 4. The molecule has 24 heavy (non-hydrogen) atoms. The van der Waals surface area contributed by atoms with Crippen LogP contribution in [0.4, 0.5) is 0 Å². The Morgan fingerprint density at radius 1 is 1.42 bits per heavy atom. The minimum absolute atomic E-state index is 0.0884. The third-order valence-corrected chi connectivity index (χ3v) is 3.97. The van der Waals surface area contributed by atoms with Crippen LogP contribution in [0.15, 0.2) is 34.8 Å². The number of carbonyl (C=O) groups is 1. The first-order chi connectivity index (χ1) is 11.6. The maximum atomic E-state index is 12.2. The van der Waals surface area contributed by atoms with Crippen LogP contribution in [-0.4, -0.2) is 44.0 Å². The standard InChI is InChI=1S/C17H21N5O2/c1-12(2)8-16(23)22-7-3-4-13(11-22)9-15-20-17(21-24-15)14-10-18-5-6-19-14/h5-6,8,10,13H,3-4,7,9,11H2,1-2H3. The monoisotopic (exact) mass is 327 g/mol. The van der Waals surface area contributed by atoms with Gasteiger partial charge in [0, 0.05) is 38.0 Å². The van der Waals surface area contributed by atoms with Gasteiger partial charge in [0.25, 0.3) is 0 Å². The fourth-order valence-electron chi connectivity index (χ4n) is 2.87. The van der Waals surface area contributed by atoms with Crippen LogP contribution in [0.5, 0.6) is 0 Å². The van der Waals surface area contributed by atoms with E-state index in [0.717, 1.165) is 31.5 Å². The second kappa shape index (κ2) is 7.33. The van der Waals surface area contributed by atoms with E-state index in [4.69, 9.17) is 4.52 Å². The maximum absolute atomic E-state index is 12.2. The first-order valence-electron chi connectivity index (χ1n) is 8.14. The number of hydrogen-bond donors (Lipinski definition) is 0. The van der Waals surface area contributed by atoms with Gasteiger partial charge in [0.05, 0.1) is 6.20 Å². The molecule has 3 heterocycles. The molecule has 0 radical (unpaired) electrons. The highest BCUT2D eigenvalue weighted by molar-refractivity contribution is 5.88. The number of carbonyl (C=O) groups excluding carboxylic acids is 1. The third-order valence-electron chi connectivity index (χ3n) is 3.97. The van der Waals surface area contributed by atoms with Gasteiger partial charge in [0.2, 0.25) is 17.6 Å². The zero-order chi connectivity index (χ0) is 16.9. The highest BCUT2D eigenvalue weighted by Crippen LogP contribution is 2.22. The molecule has 0 aliphatic carbocycles. The zero-order valence-corrected chi connectivity index (χ0v) is 14.0. The van der Waals surface area contributed by atoms with Gasteiger partial charge in [-0.3, -0.25) is 9.78 Å². The first kappa shape index (κ1) is 16.3. The molecule has 7 heteroatoms. The lowest BCUT2D eigenvalue weighted by molar-refractivity contribution is -0.127. The van der Waals surface area contributed by atoms with Gasteiger partial charge >= 0.3 is 0 Å². The van der Waals surface area contributed by atoms with E-state index in [9.17, 15) is 4.79 Å². The highest BCUT2D eigenvalue weighted by atomic mass is 16.5. The number of allylic oxidation sites excluding steroid dienone is 1. The van der Waals surface area contributed by atoms with Crippen molar-refractivity contribution < 1.29 is 9.32 Å². The Kier molecular flexibility index (Phi) is 4.98. The summed E-state index contributed by atoms with van der Waals surface area (Å²) in [5, 5.41) is 3.97. The van der Waals surface area contributed by atoms with E-state index in [1.807, 2.05) is 18.7 Å². The Morgan fingerprint density at radius 3 is 3.04 bits per heavy atom. The molecule has 2 aromatic rings. The van der Waals surface area contributed by atoms with E-state index < -0.39 is 0 Å². The van der Waals surface area contributed by atoms with Gasteiger partial charge in [-0.15, -0.1) is 0 Å². The molecule has 1 amide bonds. The normalized spacial score (nSPS) is 17.6. The van der Waals surface area contributed by atoms with E-state index in [1.54, 1.807) is 24.7 Å². The molecular formula is C17H21N5O2. The molecule has 126 valence electrons. The van der Waals surface area contributed by atoms with Crippen LogP contribution in [0, 0.1) is 5.92 Å². The summed E-state index contributed by atoms with van der Waals surface area (Å²) >= 11 is 0. The van der Waals surface area contributed by atoms with Crippen molar-refractivity contribution in [1.82, 2.24) is 25.0 Å². The van der Waals surface area contributed by atoms with Crippen molar-refractivity contribution in [3.63, 3.8) is 0 Å². The van der Waals surface area contributed by atoms with E-state index in [1.165, 1.54) is 0 Å². The summed E-state index contributed by atoms with van der Waals surface area (Å²) in [5.41, 5.74) is 1.61. The quantitative estimate of drug-likeness (QED) is 0.801. The predicted octanol–water partition coefficient (Wildman–Crippen LogP) is 2.27. The van der Waals surface area contributed by atoms with Gasteiger partial charge in [-0.05, 0) is 32.6 Å². The largest absolute Gasteiger partial charge is 0.339 e. The fraction of sp³-hybridized carbons (Fsp3) is 0.471. The van der Waals surface area contributed by atoms with Gasteiger partial charge in [-0.25, -0.2) is 4.98 Å². The number of amides is 1. The van der Waals surface area contributed by atoms with Crippen LogP contribution in [0.2, 0.25) is 0 Å². The molecule has 1 aliphatic heterocycles. The molecule has 2 aromatic heterocycles. The van der Waals surface area contributed by atoms with Crippen molar-refractivity contribution >= 4 is 5.91 Å². The van der Waals surface area contributed by atoms with Crippen molar-refractivity contribution in [3.8, 4) is 11.5 Å². The van der Waals surface area contributed by atoms with E-state index >= 15 is 0 Å². The molecular weight excluding hydrogens is 306 g/mol. The van der Waals surface area contributed by atoms with Crippen molar-refractivity contribution in [2.75, 3.05) is 13.1 Å². The van der Waals surface area contributed by atoms with Gasteiger partial charge in [-0.2, -0.15) is 4.98 Å². The molecule has 0 aromatic carbocycles. The molecule has 1 unspecified atom stereocenters. The average Bonchev–Trinajstić information content (AvgIpc) is 3.04. The smallest absolute Gasteiger partial charge is 0.246 e. The van der Waals surface area contributed by atoms with E-state index in [0.29, 0.717) is 29.7 Å². The second-order valence-corrected chi connectivity index (χ2v) is 6.32. The van der Waals surface area contributed by atoms with Crippen LogP contribution >= 0.6 is 0 Å². The summed E-state index contributed by atoms with van der Waals surface area (Å²) in [6.45, 7) is 5.41. The molecule has 0 spiro atoms. The molecule has 1 saturated heterocycles. The lowest BCUT2D eigenvalue weighted by atomic mass is 9.94. The Balaban J connectivity index is 1.63. The molecule has 0 N–H and O–H groups in total. The molecule has 1 fully saturated rings. The SMILES string of the molecule is CC(C)=CC(=O)N1CCCC(Cc2nc(-c3cnccn3)no2)C1. The lowest BCUT2D eigenvalue weighted by Gasteiger charge is -2.31. The van der Waals surface area contributed by atoms with E-state index in [2.05, 4.69) is 20.1 Å². The fourth-order valence-corrected chi connectivity index (χ4v) is 2.87. The third kappa shape index (κ3) is 4.04. The summed E-state index contributed by atoms with van der Waals surface area (Å²) in [6, 6.07) is 0. The summed E-state index contributed by atoms with van der Waals surface area (Å²) < 4.78 is 5.34. The van der Waals surface area contributed by atoms with Crippen molar-refractivity contribution in [2.45, 2.75) is 33.1 Å². The Hall–Kier alpha value is -2.57. The molecule has 3 rings (SSSR count). The van der Waals surface area contributed by atoms with Crippen molar-refractivity contribution in [1.29, 1.82) is 0 Å². The lowest BCUT2D eigenvalue weighted by Crippen LogP contribution is -2.39. The Morgan fingerprint density at radius 2 is 2.29 bits per heavy atom. The summed E-state index contributed by atoms with van der Waals surface area (Å²) in [7, 11) is 0. The summed E-state index contributed by atoms with van der Waals surface area (Å²) in [4.78, 5) is 26.6. The van der Waals surface area contributed by atoms with Crippen molar-refractivity contribution in [3.05, 3.63) is 36.1 Å². The molecule has 1 aliphatic rings. The van der Waals surface area contributed by atoms with Crippen LogP contribution < -0.4 is 0 Å². The first-order valence-corrected chi connectivity index (χ1v) is 8.14. The highest BCUT2D eigenvalue weighted by Gasteiger charge is 2.24. The second-order valence-electron chi connectivity index (χ2n) is 6.32. The van der Waals surface area contributed by atoms with Gasteiger partial charge in [0.15, 0.2) is 0 Å². The topological polar surface area (TPSA) is 85.0 Å². The van der Waals surface area contributed by atoms with Crippen molar-refractivity contribution in [2.24, 2.45) is 5.92 Å². The summed E-state index contributed by atoms with van der Waals surface area (Å²) in [6.07, 6.45) is 9.23. The maximum Gasteiger partial charge on any atom is 0.246 e. The van der Waals surface area contributed by atoms with Crippen LogP contribution in [0.1, 0.15) is 32.6 Å². The van der Waals surface area contributed by atoms with Crippen LogP contribution in [-0.2, 0) is 11.2 Å². The summed E-state index contributed by atoms with van der Waals surface area (Å²) in [5.74, 6) is 1.46. The molecule has 7 nitrogen and oxygen atoms in total. The molecule has 1 atom stereocenters. The number of piperidine rings is 1. The van der Waals surface area contributed by atoms with Gasteiger partial charge in [-0.1, -0.05) is 10.7 Å².